The van der Waals surface area contributed by atoms with E-state index in [9.17, 15) is 18.0 Å². The maximum Gasteiger partial charge on any atom is 0.417 e. The first-order valence-corrected chi connectivity index (χ1v) is 7.90. The Hall–Kier alpha value is -2.18. The number of alkyl halides is 3. The number of anilines is 1. The summed E-state index contributed by atoms with van der Waals surface area (Å²) in [5.41, 5.74) is -0.977. The van der Waals surface area contributed by atoms with Gasteiger partial charge in [0.25, 0.3) is 0 Å². The molecule has 0 fully saturated rings. The van der Waals surface area contributed by atoms with E-state index < -0.39 is 17.3 Å². The van der Waals surface area contributed by atoms with E-state index in [1.54, 1.807) is 6.07 Å². The molecular weight excluding hydrogens is 321 g/mol. The molecule has 0 amide bonds. The number of ether oxygens (including phenoxy) is 1. The van der Waals surface area contributed by atoms with Crippen LogP contribution in [0.25, 0.3) is 10.9 Å². The van der Waals surface area contributed by atoms with E-state index in [-0.39, 0.29) is 22.7 Å². The van der Waals surface area contributed by atoms with E-state index in [1.165, 1.54) is 6.07 Å². The van der Waals surface area contributed by atoms with E-state index in [4.69, 9.17) is 4.74 Å². The Kier molecular flexibility index (Phi) is 3.97. The highest BCUT2D eigenvalue weighted by molar-refractivity contribution is 5.94. The third-order valence-electron chi connectivity index (χ3n) is 4.46. The lowest BCUT2D eigenvalue weighted by atomic mass is 9.98. The molecule has 3 rings (SSSR count). The summed E-state index contributed by atoms with van der Waals surface area (Å²) < 4.78 is 46.0. The molecular formula is C17H19F3N2O2. The molecule has 1 N–H and O–H groups in total. The number of H-pyrrole nitrogens is 1. The van der Waals surface area contributed by atoms with Gasteiger partial charge in [0.15, 0.2) is 5.75 Å². The lowest BCUT2D eigenvalue weighted by molar-refractivity contribution is -0.136. The SMILES string of the molecule is CCN1c2ccc3[nH]c(=O)cc(C(F)(F)F)c3c2OC[C@H]1C(C)C. The first-order valence-electron chi connectivity index (χ1n) is 7.90. The van der Waals surface area contributed by atoms with Crippen LogP contribution >= 0.6 is 0 Å². The van der Waals surface area contributed by atoms with E-state index >= 15 is 0 Å². The van der Waals surface area contributed by atoms with Gasteiger partial charge in [0.1, 0.15) is 6.61 Å². The average molecular weight is 340 g/mol. The van der Waals surface area contributed by atoms with Crippen molar-refractivity contribution in [3.05, 3.63) is 34.1 Å². The molecule has 0 saturated heterocycles. The zero-order valence-electron chi connectivity index (χ0n) is 13.7. The Morgan fingerprint density at radius 3 is 2.67 bits per heavy atom. The molecule has 4 nitrogen and oxygen atoms in total. The zero-order chi connectivity index (χ0) is 17.6. The number of hydrogen-bond donors (Lipinski definition) is 1. The second-order valence-electron chi connectivity index (χ2n) is 6.29. The summed E-state index contributed by atoms with van der Waals surface area (Å²) in [6, 6.07) is 3.92. The number of aromatic nitrogens is 1. The molecule has 0 unspecified atom stereocenters. The van der Waals surface area contributed by atoms with Crippen LogP contribution in [0.15, 0.2) is 23.0 Å². The summed E-state index contributed by atoms with van der Waals surface area (Å²) in [7, 11) is 0. The van der Waals surface area contributed by atoms with E-state index in [1.807, 2.05) is 6.92 Å². The number of aromatic amines is 1. The molecule has 2 heterocycles. The highest BCUT2D eigenvalue weighted by Gasteiger charge is 2.37. The number of nitrogens with zero attached hydrogens (tertiary/aromatic N) is 1. The van der Waals surface area contributed by atoms with Crippen molar-refractivity contribution in [1.82, 2.24) is 4.98 Å². The minimum absolute atomic E-state index is 0.0831. The maximum atomic E-state index is 13.4. The smallest absolute Gasteiger partial charge is 0.417 e. The molecule has 0 spiro atoms. The molecule has 0 bridgehead atoms. The van der Waals surface area contributed by atoms with Crippen LogP contribution in [0.2, 0.25) is 0 Å². The highest BCUT2D eigenvalue weighted by atomic mass is 19.4. The van der Waals surface area contributed by atoms with Crippen molar-refractivity contribution < 1.29 is 17.9 Å². The fourth-order valence-electron chi connectivity index (χ4n) is 3.31. The second kappa shape index (κ2) is 5.72. The van der Waals surface area contributed by atoms with Crippen molar-refractivity contribution in [2.75, 3.05) is 18.1 Å². The van der Waals surface area contributed by atoms with Crippen LogP contribution in [-0.4, -0.2) is 24.2 Å². The highest BCUT2D eigenvalue weighted by Crippen LogP contribution is 2.45. The molecule has 0 aliphatic carbocycles. The largest absolute Gasteiger partial charge is 0.489 e. The first kappa shape index (κ1) is 16.7. The lowest BCUT2D eigenvalue weighted by Gasteiger charge is -2.40. The number of hydrogen-bond acceptors (Lipinski definition) is 3. The van der Waals surface area contributed by atoms with Crippen molar-refractivity contribution in [2.24, 2.45) is 5.92 Å². The third kappa shape index (κ3) is 2.61. The average Bonchev–Trinajstić information content (AvgIpc) is 2.51. The topological polar surface area (TPSA) is 45.3 Å². The number of pyridine rings is 1. The first-order chi connectivity index (χ1) is 11.2. The van der Waals surface area contributed by atoms with Crippen molar-refractivity contribution in [1.29, 1.82) is 0 Å². The summed E-state index contributed by atoms with van der Waals surface area (Å²) in [6.07, 6.45) is -4.63. The summed E-state index contributed by atoms with van der Waals surface area (Å²) >= 11 is 0. The minimum atomic E-state index is -4.63. The van der Waals surface area contributed by atoms with Gasteiger partial charge in [-0.05, 0) is 25.0 Å². The Balaban J connectivity index is 2.31. The second-order valence-corrected chi connectivity index (χ2v) is 6.29. The predicted octanol–water partition coefficient (Wildman–Crippen LogP) is 3.79. The molecule has 1 aliphatic rings. The molecule has 0 radical (unpaired) electrons. The van der Waals surface area contributed by atoms with Gasteiger partial charge in [-0.15, -0.1) is 0 Å². The zero-order valence-corrected chi connectivity index (χ0v) is 13.7. The van der Waals surface area contributed by atoms with Gasteiger partial charge in [-0.25, -0.2) is 0 Å². The van der Waals surface area contributed by atoms with Gasteiger partial charge < -0.3 is 14.6 Å². The number of rotatable bonds is 2. The Bertz CT molecular complexity index is 827. The standard InChI is InChI=1S/C17H19F3N2O2/c1-4-22-12-6-5-11-15(16(12)24-8-13(22)9(2)3)10(17(18,19)20)7-14(23)21-11/h5-7,9,13H,4,8H2,1-3H3,(H,21,23)/t13-/m0/s1. The Morgan fingerprint density at radius 1 is 1.38 bits per heavy atom. The van der Waals surface area contributed by atoms with Crippen LogP contribution in [0.5, 0.6) is 5.75 Å². The van der Waals surface area contributed by atoms with E-state index in [0.29, 0.717) is 30.8 Å². The normalized spacial score (nSPS) is 18.0. The quantitative estimate of drug-likeness (QED) is 0.905. The van der Waals surface area contributed by atoms with Crippen molar-refractivity contribution in [3.63, 3.8) is 0 Å². The molecule has 1 aromatic carbocycles. The van der Waals surface area contributed by atoms with Gasteiger partial charge in [-0.3, -0.25) is 4.79 Å². The van der Waals surface area contributed by atoms with Crippen LogP contribution in [0.3, 0.4) is 0 Å². The summed E-state index contributed by atoms with van der Waals surface area (Å²) in [6.45, 7) is 7.05. The van der Waals surface area contributed by atoms with Gasteiger partial charge in [0, 0.05) is 12.6 Å². The molecule has 1 aliphatic heterocycles. The maximum absolute atomic E-state index is 13.4. The Labute approximate surface area is 137 Å². The summed E-state index contributed by atoms with van der Waals surface area (Å²) in [4.78, 5) is 16.1. The van der Waals surface area contributed by atoms with Crippen LogP contribution in [0, 0.1) is 5.92 Å². The molecule has 2 aromatic rings. The van der Waals surface area contributed by atoms with Crippen LogP contribution in [0.4, 0.5) is 18.9 Å². The number of nitrogens with one attached hydrogen (secondary N) is 1. The van der Waals surface area contributed by atoms with Gasteiger partial charge in [0.2, 0.25) is 5.56 Å². The molecule has 130 valence electrons. The van der Waals surface area contributed by atoms with Crippen LogP contribution in [0.1, 0.15) is 26.3 Å². The Morgan fingerprint density at radius 2 is 2.08 bits per heavy atom. The van der Waals surface area contributed by atoms with E-state index in [0.717, 1.165) is 0 Å². The fraction of sp³-hybridized carbons (Fsp3) is 0.471. The number of benzene rings is 1. The van der Waals surface area contributed by atoms with Crippen molar-refractivity contribution in [3.8, 4) is 5.75 Å². The van der Waals surface area contributed by atoms with Crippen molar-refractivity contribution >= 4 is 16.6 Å². The van der Waals surface area contributed by atoms with Gasteiger partial charge in [0.05, 0.1) is 28.2 Å². The number of fused-ring (bicyclic) bond motifs is 3. The summed E-state index contributed by atoms with van der Waals surface area (Å²) in [5, 5.41) is -0.0831. The molecule has 0 saturated carbocycles. The molecule has 1 atom stereocenters. The fourth-order valence-corrected chi connectivity index (χ4v) is 3.31. The number of halogens is 3. The van der Waals surface area contributed by atoms with Crippen molar-refractivity contribution in [2.45, 2.75) is 33.0 Å². The van der Waals surface area contributed by atoms with Crippen LogP contribution in [-0.2, 0) is 6.18 Å². The van der Waals surface area contributed by atoms with Crippen LogP contribution < -0.4 is 15.2 Å². The summed E-state index contributed by atoms with van der Waals surface area (Å²) in [5.74, 6) is 0.487. The van der Waals surface area contributed by atoms with E-state index in [2.05, 4.69) is 23.7 Å². The lowest BCUT2D eigenvalue weighted by Crippen LogP contribution is -2.46. The third-order valence-corrected chi connectivity index (χ3v) is 4.46. The predicted molar refractivity (Wildman–Crippen MR) is 86.7 cm³/mol. The number of likely N-dealkylation sites (N-methyl/N-ethyl adjacent to an activating group) is 1. The molecule has 7 heteroatoms. The minimum Gasteiger partial charge on any atom is -0.489 e. The van der Waals surface area contributed by atoms with Gasteiger partial charge in [-0.2, -0.15) is 13.2 Å². The molecule has 24 heavy (non-hydrogen) atoms. The van der Waals surface area contributed by atoms with Gasteiger partial charge in [-0.1, -0.05) is 13.8 Å². The monoisotopic (exact) mass is 340 g/mol. The molecule has 1 aromatic heterocycles. The van der Waals surface area contributed by atoms with Gasteiger partial charge >= 0.3 is 6.18 Å².